The van der Waals surface area contributed by atoms with Crippen molar-refractivity contribution in [3.05, 3.63) is 48.0 Å². The van der Waals surface area contributed by atoms with E-state index < -0.39 is 28.0 Å². The second-order valence-electron chi connectivity index (χ2n) is 5.84. The van der Waals surface area contributed by atoms with E-state index in [9.17, 15) is 18.0 Å². The zero-order valence-electron chi connectivity index (χ0n) is 16.4. The van der Waals surface area contributed by atoms with Crippen molar-refractivity contribution in [2.45, 2.75) is 17.9 Å². The molecule has 0 aliphatic carbocycles. The SMILES string of the molecule is CNS(=O)(=O)c1cccc(C(=O)OC(C)C(=O)Nc2cc(OC)ccc2OC)c1. The van der Waals surface area contributed by atoms with Crippen LogP contribution < -0.4 is 19.5 Å². The Morgan fingerprint density at radius 3 is 2.38 bits per heavy atom. The third kappa shape index (κ3) is 5.46. The summed E-state index contributed by atoms with van der Waals surface area (Å²) < 4.78 is 41.4. The molecule has 0 radical (unpaired) electrons. The van der Waals surface area contributed by atoms with E-state index in [0.29, 0.717) is 17.2 Å². The molecule has 0 bridgehead atoms. The number of sulfonamides is 1. The molecule has 0 saturated carbocycles. The number of amides is 1. The van der Waals surface area contributed by atoms with Crippen LogP contribution in [0.2, 0.25) is 0 Å². The molecule has 2 N–H and O–H groups in total. The molecule has 29 heavy (non-hydrogen) atoms. The molecule has 10 heteroatoms. The Balaban J connectivity index is 2.12. The fourth-order valence-electron chi connectivity index (χ4n) is 2.34. The van der Waals surface area contributed by atoms with Gasteiger partial charge >= 0.3 is 5.97 Å². The smallest absolute Gasteiger partial charge is 0.338 e. The van der Waals surface area contributed by atoms with Gasteiger partial charge in [0.2, 0.25) is 10.0 Å². The Morgan fingerprint density at radius 1 is 1.03 bits per heavy atom. The Kier molecular flexibility index (Phi) is 7.18. The number of hydrogen-bond donors (Lipinski definition) is 2. The van der Waals surface area contributed by atoms with Gasteiger partial charge in [-0.2, -0.15) is 0 Å². The fourth-order valence-corrected chi connectivity index (χ4v) is 3.11. The van der Waals surface area contributed by atoms with Gasteiger partial charge in [-0.1, -0.05) is 6.07 Å². The highest BCUT2D eigenvalue weighted by atomic mass is 32.2. The summed E-state index contributed by atoms with van der Waals surface area (Å²) in [5, 5.41) is 2.61. The molecule has 0 spiro atoms. The number of nitrogens with one attached hydrogen (secondary N) is 2. The van der Waals surface area contributed by atoms with Crippen LogP contribution in [0.1, 0.15) is 17.3 Å². The molecule has 0 fully saturated rings. The number of ether oxygens (including phenoxy) is 3. The summed E-state index contributed by atoms with van der Waals surface area (Å²) in [6, 6.07) is 10.2. The molecule has 0 aromatic heterocycles. The highest BCUT2D eigenvalue weighted by Gasteiger charge is 2.22. The third-order valence-electron chi connectivity index (χ3n) is 3.97. The predicted octanol–water partition coefficient (Wildman–Crippen LogP) is 1.80. The lowest BCUT2D eigenvalue weighted by Gasteiger charge is -2.16. The summed E-state index contributed by atoms with van der Waals surface area (Å²) in [5.74, 6) is -0.515. The molecule has 0 saturated heterocycles. The molecule has 0 heterocycles. The molecule has 1 unspecified atom stereocenters. The summed E-state index contributed by atoms with van der Waals surface area (Å²) in [4.78, 5) is 24.7. The molecular formula is C19H22N2O7S. The summed E-state index contributed by atoms with van der Waals surface area (Å²) in [6.45, 7) is 1.40. The standard InChI is InChI=1S/C19H22N2O7S/c1-12(18(22)21-16-11-14(26-3)8-9-17(16)27-4)28-19(23)13-6-5-7-15(10-13)29(24,25)20-2/h5-12,20H,1-4H3,(H,21,22). The lowest BCUT2D eigenvalue weighted by molar-refractivity contribution is -0.123. The van der Waals surface area contributed by atoms with Gasteiger partial charge in [-0.15, -0.1) is 0 Å². The molecule has 2 aromatic carbocycles. The van der Waals surface area contributed by atoms with Crippen LogP contribution in [0.3, 0.4) is 0 Å². The van der Waals surface area contributed by atoms with Crippen LogP contribution in [0, 0.1) is 0 Å². The number of hydrogen-bond acceptors (Lipinski definition) is 7. The number of rotatable bonds is 8. The number of benzene rings is 2. The molecule has 1 amide bonds. The third-order valence-corrected chi connectivity index (χ3v) is 5.38. The van der Waals surface area contributed by atoms with Gasteiger partial charge in [0.25, 0.3) is 5.91 Å². The Bertz CT molecular complexity index is 1010. The summed E-state index contributed by atoms with van der Waals surface area (Å²) in [6.07, 6.45) is -1.15. The molecule has 9 nitrogen and oxygen atoms in total. The quantitative estimate of drug-likeness (QED) is 0.622. The van der Waals surface area contributed by atoms with E-state index in [-0.39, 0.29) is 10.5 Å². The van der Waals surface area contributed by atoms with Crippen LogP contribution >= 0.6 is 0 Å². The zero-order chi connectivity index (χ0) is 21.6. The van der Waals surface area contributed by atoms with Crippen LogP contribution in [-0.4, -0.2) is 47.7 Å². The molecule has 156 valence electrons. The van der Waals surface area contributed by atoms with Crippen molar-refractivity contribution in [2.24, 2.45) is 0 Å². The zero-order valence-corrected chi connectivity index (χ0v) is 17.2. The Morgan fingerprint density at radius 2 is 1.76 bits per heavy atom. The molecule has 2 rings (SSSR count). The van der Waals surface area contributed by atoms with Gasteiger partial charge in [0, 0.05) is 6.07 Å². The second kappa shape index (κ2) is 9.39. The normalized spacial score (nSPS) is 12.0. The molecule has 0 aliphatic rings. The second-order valence-corrected chi connectivity index (χ2v) is 7.72. The van der Waals surface area contributed by atoms with Crippen molar-refractivity contribution in [1.29, 1.82) is 0 Å². The fraction of sp³-hybridized carbons (Fsp3) is 0.263. The van der Waals surface area contributed by atoms with Gasteiger partial charge < -0.3 is 19.5 Å². The van der Waals surface area contributed by atoms with E-state index in [1.807, 2.05) is 0 Å². The van der Waals surface area contributed by atoms with Gasteiger partial charge in [0.15, 0.2) is 6.10 Å². The van der Waals surface area contributed by atoms with E-state index in [4.69, 9.17) is 14.2 Å². The molecule has 1 atom stereocenters. The minimum absolute atomic E-state index is 0.0000593. The Labute approximate surface area is 169 Å². The van der Waals surface area contributed by atoms with E-state index in [2.05, 4.69) is 10.0 Å². The van der Waals surface area contributed by atoms with Crippen LogP contribution in [0.4, 0.5) is 5.69 Å². The van der Waals surface area contributed by atoms with Crippen molar-refractivity contribution < 1.29 is 32.2 Å². The summed E-state index contributed by atoms with van der Waals surface area (Å²) in [5.41, 5.74) is 0.349. The predicted molar refractivity (Wildman–Crippen MR) is 106 cm³/mol. The minimum Gasteiger partial charge on any atom is -0.497 e. The van der Waals surface area contributed by atoms with E-state index in [1.165, 1.54) is 52.5 Å². The summed E-state index contributed by atoms with van der Waals surface area (Å²) in [7, 11) is 0.484. The van der Waals surface area contributed by atoms with Crippen LogP contribution in [-0.2, 0) is 19.6 Å². The largest absolute Gasteiger partial charge is 0.497 e. The van der Waals surface area contributed by atoms with Crippen LogP contribution in [0.15, 0.2) is 47.4 Å². The van der Waals surface area contributed by atoms with Crippen molar-refractivity contribution in [3.8, 4) is 11.5 Å². The van der Waals surface area contributed by atoms with Crippen molar-refractivity contribution in [1.82, 2.24) is 4.72 Å². The number of anilines is 1. The number of carbonyl (C=O) groups excluding carboxylic acids is 2. The first-order valence-corrected chi connectivity index (χ1v) is 9.97. The first kappa shape index (κ1) is 22.2. The lowest BCUT2D eigenvalue weighted by Crippen LogP contribution is -2.30. The lowest BCUT2D eigenvalue weighted by atomic mass is 10.2. The van der Waals surface area contributed by atoms with Crippen molar-refractivity contribution in [3.63, 3.8) is 0 Å². The maximum absolute atomic E-state index is 12.4. The van der Waals surface area contributed by atoms with Crippen molar-refractivity contribution >= 4 is 27.6 Å². The number of esters is 1. The van der Waals surface area contributed by atoms with Crippen molar-refractivity contribution in [2.75, 3.05) is 26.6 Å². The maximum Gasteiger partial charge on any atom is 0.338 e. The maximum atomic E-state index is 12.4. The average molecular weight is 422 g/mol. The average Bonchev–Trinajstić information content (AvgIpc) is 2.73. The number of methoxy groups -OCH3 is 2. The molecule has 0 aliphatic heterocycles. The highest BCUT2D eigenvalue weighted by Crippen LogP contribution is 2.29. The molecular weight excluding hydrogens is 400 g/mol. The van der Waals surface area contributed by atoms with Crippen LogP contribution in [0.5, 0.6) is 11.5 Å². The van der Waals surface area contributed by atoms with E-state index >= 15 is 0 Å². The van der Waals surface area contributed by atoms with E-state index in [1.54, 1.807) is 18.2 Å². The van der Waals surface area contributed by atoms with Gasteiger partial charge in [0.05, 0.1) is 30.4 Å². The first-order chi connectivity index (χ1) is 13.7. The molecule has 2 aromatic rings. The first-order valence-electron chi connectivity index (χ1n) is 8.49. The topological polar surface area (TPSA) is 120 Å². The Hall–Kier alpha value is -3.11. The highest BCUT2D eigenvalue weighted by molar-refractivity contribution is 7.89. The van der Waals surface area contributed by atoms with E-state index in [0.717, 1.165) is 0 Å². The summed E-state index contributed by atoms with van der Waals surface area (Å²) >= 11 is 0. The van der Waals surface area contributed by atoms with Crippen LogP contribution in [0.25, 0.3) is 0 Å². The number of carbonyl (C=O) groups is 2. The minimum atomic E-state index is -3.72. The van der Waals surface area contributed by atoms with Gasteiger partial charge in [-0.25, -0.2) is 17.9 Å². The van der Waals surface area contributed by atoms with Gasteiger partial charge in [-0.05, 0) is 44.3 Å². The van der Waals surface area contributed by atoms with Gasteiger partial charge in [0.1, 0.15) is 11.5 Å². The van der Waals surface area contributed by atoms with Gasteiger partial charge in [-0.3, -0.25) is 4.79 Å². The monoisotopic (exact) mass is 422 g/mol.